The van der Waals surface area contributed by atoms with Crippen LogP contribution < -0.4 is 0 Å². The zero-order valence-corrected chi connectivity index (χ0v) is 18.1. The smallest absolute Gasteiger partial charge is 0.329 e. The van der Waals surface area contributed by atoms with E-state index in [9.17, 15) is 14.9 Å². The summed E-state index contributed by atoms with van der Waals surface area (Å²) in [5, 5.41) is 10.7. The van der Waals surface area contributed by atoms with Gasteiger partial charge in [-0.25, -0.2) is 0 Å². The lowest BCUT2D eigenvalue weighted by Gasteiger charge is -2.36. The first-order chi connectivity index (χ1) is 16.1. The zero-order valence-electron chi connectivity index (χ0n) is 18.1. The molecule has 1 unspecified atom stereocenters. The van der Waals surface area contributed by atoms with Crippen molar-refractivity contribution >= 4 is 17.8 Å². The second kappa shape index (κ2) is 8.07. The van der Waals surface area contributed by atoms with Gasteiger partial charge in [-0.1, -0.05) is 84.9 Å². The molecule has 0 N–H and O–H groups in total. The molecule has 1 fully saturated rings. The number of ketones is 1. The van der Waals surface area contributed by atoms with Gasteiger partial charge in [0.2, 0.25) is 0 Å². The Hall–Kier alpha value is -4.17. The molecule has 3 aromatic carbocycles. The Morgan fingerprint density at radius 3 is 2.24 bits per heavy atom. The average Bonchev–Trinajstić information content (AvgIpc) is 3.20. The van der Waals surface area contributed by atoms with Crippen LogP contribution in [0.2, 0.25) is 0 Å². The van der Waals surface area contributed by atoms with Crippen LogP contribution in [0.4, 0.5) is 0 Å². The van der Waals surface area contributed by atoms with Gasteiger partial charge in [-0.2, -0.15) is 5.26 Å². The maximum atomic E-state index is 14.0. The van der Waals surface area contributed by atoms with Gasteiger partial charge < -0.3 is 9.64 Å². The van der Waals surface area contributed by atoms with Crippen molar-refractivity contribution in [1.82, 2.24) is 4.90 Å². The van der Waals surface area contributed by atoms with Crippen molar-refractivity contribution in [3.05, 3.63) is 113 Å². The minimum atomic E-state index is -1.62. The summed E-state index contributed by atoms with van der Waals surface area (Å²) in [5.41, 5.74) is 1.41. The van der Waals surface area contributed by atoms with E-state index >= 15 is 0 Å². The lowest BCUT2D eigenvalue weighted by atomic mass is 9.66. The number of carbonyl (C=O) groups excluding carboxylic acids is 2. The number of rotatable bonds is 4. The maximum absolute atomic E-state index is 14.0. The van der Waals surface area contributed by atoms with Gasteiger partial charge in [-0.15, -0.1) is 0 Å². The Kier molecular flexibility index (Phi) is 5.07. The molecule has 0 aliphatic carbocycles. The van der Waals surface area contributed by atoms with Gasteiger partial charge in [-0.3, -0.25) is 9.59 Å². The van der Waals surface area contributed by atoms with E-state index in [0.29, 0.717) is 5.56 Å². The highest BCUT2D eigenvalue weighted by molar-refractivity contribution is 6.03. The van der Waals surface area contributed by atoms with E-state index in [1.807, 2.05) is 90.0 Å². The lowest BCUT2D eigenvalue weighted by molar-refractivity contribution is -0.151. The highest BCUT2D eigenvalue weighted by atomic mass is 16.5. The van der Waals surface area contributed by atoms with Crippen molar-refractivity contribution in [2.75, 3.05) is 7.11 Å². The molecule has 0 saturated carbocycles. The normalized spacial score (nSPS) is 25.0. The van der Waals surface area contributed by atoms with E-state index in [0.717, 1.165) is 16.7 Å². The van der Waals surface area contributed by atoms with Crippen LogP contribution in [0.1, 0.15) is 39.0 Å². The number of fused-ring (bicyclic) bond motifs is 3. The van der Waals surface area contributed by atoms with Crippen LogP contribution in [0.5, 0.6) is 0 Å². The summed E-state index contributed by atoms with van der Waals surface area (Å²) in [6.45, 7) is 0. The molecule has 33 heavy (non-hydrogen) atoms. The number of esters is 1. The van der Waals surface area contributed by atoms with E-state index < -0.39 is 29.4 Å². The van der Waals surface area contributed by atoms with Crippen molar-refractivity contribution < 1.29 is 14.3 Å². The summed E-state index contributed by atoms with van der Waals surface area (Å²) in [5.74, 6) is -1.51. The Labute approximate surface area is 192 Å². The first-order valence-electron chi connectivity index (χ1n) is 10.8. The molecule has 5 nitrogen and oxygen atoms in total. The van der Waals surface area contributed by atoms with Crippen molar-refractivity contribution in [3.63, 3.8) is 0 Å². The Morgan fingerprint density at radius 2 is 1.58 bits per heavy atom. The first-order valence-corrected chi connectivity index (χ1v) is 10.8. The average molecular weight is 434 g/mol. The first kappa shape index (κ1) is 20.7. The number of hydrogen-bond acceptors (Lipinski definition) is 5. The molecule has 4 atom stereocenters. The summed E-state index contributed by atoms with van der Waals surface area (Å²) in [6.07, 6.45) is 3.78. The predicted molar refractivity (Wildman–Crippen MR) is 124 cm³/mol. The highest BCUT2D eigenvalue weighted by Crippen LogP contribution is 2.60. The van der Waals surface area contributed by atoms with Crippen LogP contribution in [-0.2, 0) is 9.53 Å². The molecule has 0 radical (unpaired) electrons. The molecule has 2 aliphatic heterocycles. The number of benzene rings is 3. The molecule has 0 aromatic heterocycles. The second-order valence-corrected chi connectivity index (χ2v) is 8.33. The predicted octanol–water partition coefficient (Wildman–Crippen LogP) is 4.75. The second-order valence-electron chi connectivity index (χ2n) is 8.33. The van der Waals surface area contributed by atoms with Crippen LogP contribution >= 0.6 is 0 Å². The van der Waals surface area contributed by atoms with Gasteiger partial charge in [0, 0.05) is 17.7 Å². The minimum Gasteiger partial charge on any atom is -0.468 e. The largest absolute Gasteiger partial charge is 0.468 e. The van der Waals surface area contributed by atoms with Gasteiger partial charge in [0.05, 0.1) is 19.2 Å². The molecule has 0 amide bonds. The molecule has 5 heteroatoms. The number of nitrogens with zero attached hydrogens (tertiary/aromatic N) is 2. The molecule has 0 bridgehead atoms. The number of nitriles is 1. The van der Waals surface area contributed by atoms with Crippen LogP contribution in [-0.4, -0.2) is 29.8 Å². The lowest BCUT2D eigenvalue weighted by Crippen LogP contribution is -2.41. The van der Waals surface area contributed by atoms with Gasteiger partial charge in [-0.05, 0) is 22.8 Å². The van der Waals surface area contributed by atoms with Crippen LogP contribution in [0.3, 0.4) is 0 Å². The van der Waals surface area contributed by atoms with Crippen molar-refractivity contribution in [1.29, 1.82) is 5.26 Å². The molecule has 2 heterocycles. The Bertz CT molecular complexity index is 1280. The number of carbonyl (C=O) groups is 2. The fourth-order valence-electron chi connectivity index (χ4n) is 5.40. The summed E-state index contributed by atoms with van der Waals surface area (Å²) < 4.78 is 5.25. The Balaban J connectivity index is 1.81. The number of methoxy groups -OCH3 is 1. The van der Waals surface area contributed by atoms with E-state index in [2.05, 4.69) is 6.07 Å². The Morgan fingerprint density at radius 1 is 0.939 bits per heavy atom. The molecule has 2 aliphatic rings. The molecule has 0 spiro atoms. The molecule has 3 aromatic rings. The summed E-state index contributed by atoms with van der Waals surface area (Å²) in [6, 6.07) is 27.0. The van der Waals surface area contributed by atoms with Crippen molar-refractivity contribution in [3.8, 4) is 6.07 Å². The molecule has 5 rings (SSSR count). The van der Waals surface area contributed by atoms with E-state index in [1.165, 1.54) is 7.11 Å². The van der Waals surface area contributed by atoms with Crippen LogP contribution in [0, 0.1) is 16.7 Å². The highest BCUT2D eigenvalue weighted by Gasteiger charge is 2.67. The summed E-state index contributed by atoms with van der Waals surface area (Å²) >= 11 is 0. The van der Waals surface area contributed by atoms with Crippen molar-refractivity contribution in [2.24, 2.45) is 5.41 Å². The molecular formula is C28H22N2O3. The third-order valence-electron chi connectivity index (χ3n) is 6.77. The number of hydrogen-bond donors (Lipinski definition) is 0. The third kappa shape index (κ3) is 2.99. The maximum Gasteiger partial charge on any atom is 0.329 e. The van der Waals surface area contributed by atoms with Gasteiger partial charge in [0.25, 0.3) is 0 Å². The van der Waals surface area contributed by atoms with E-state index in [1.54, 1.807) is 12.1 Å². The van der Waals surface area contributed by atoms with E-state index in [-0.39, 0.29) is 5.78 Å². The minimum absolute atomic E-state index is 0.139. The molecular weight excluding hydrogens is 412 g/mol. The fraction of sp³-hybridized carbons (Fsp3) is 0.179. The van der Waals surface area contributed by atoms with Crippen LogP contribution in [0.25, 0.3) is 6.08 Å². The van der Waals surface area contributed by atoms with Gasteiger partial charge in [0.15, 0.2) is 11.2 Å². The van der Waals surface area contributed by atoms with Gasteiger partial charge in [0.1, 0.15) is 6.04 Å². The molecule has 1 saturated heterocycles. The van der Waals surface area contributed by atoms with Crippen molar-refractivity contribution in [2.45, 2.75) is 18.0 Å². The van der Waals surface area contributed by atoms with Gasteiger partial charge >= 0.3 is 5.97 Å². The van der Waals surface area contributed by atoms with E-state index in [4.69, 9.17) is 4.74 Å². The third-order valence-corrected chi connectivity index (χ3v) is 6.77. The summed E-state index contributed by atoms with van der Waals surface area (Å²) in [7, 11) is 1.30. The fourth-order valence-corrected chi connectivity index (χ4v) is 5.40. The summed E-state index contributed by atoms with van der Waals surface area (Å²) in [4.78, 5) is 29.4. The quantitative estimate of drug-likeness (QED) is 0.438. The standard InChI is InChI=1S/C28H22N2O3/c1-33-27(32)28(18-29)23(20-11-4-2-5-12-20)24(25(31)21-13-6-3-7-14-21)30-17-16-19-10-8-9-15-22(19)26(28)30/h2-17,23-24,26H,1H3/t23-,24+,26?,28-/m0/s1. The topological polar surface area (TPSA) is 70.4 Å². The zero-order chi connectivity index (χ0) is 23.0. The molecule has 162 valence electrons. The SMILES string of the molecule is COC(=O)[C@]1(C#N)C2c3ccccc3C=CN2[C@@H](C(=O)c2ccccc2)[C@@H]1c1ccccc1. The monoisotopic (exact) mass is 434 g/mol. The van der Waals surface area contributed by atoms with Crippen LogP contribution in [0.15, 0.2) is 91.1 Å². The number of Topliss-reactive ketones (excluding diaryl/α,β-unsaturated/α-hetero) is 1. The number of ether oxygens (including phenoxy) is 1.